The van der Waals surface area contributed by atoms with E-state index in [9.17, 15) is 14.4 Å². The number of carbonyl (C=O) groups excluding carboxylic acids is 2. The number of benzene rings is 2. The van der Waals surface area contributed by atoms with Crippen LogP contribution in [0.2, 0.25) is 5.02 Å². The summed E-state index contributed by atoms with van der Waals surface area (Å²) < 4.78 is 11.3. The predicted molar refractivity (Wildman–Crippen MR) is 96.5 cm³/mol. The Morgan fingerprint density at radius 2 is 2.00 bits per heavy atom. The molecule has 0 fully saturated rings. The molecule has 0 aliphatic heterocycles. The molecule has 0 saturated carbocycles. The number of ether oxygens (including phenoxy) is 1. The maximum absolute atomic E-state index is 12.4. The molecular weight excluding hydrogens is 360 g/mol. The van der Waals surface area contributed by atoms with E-state index >= 15 is 0 Å². The highest BCUT2D eigenvalue weighted by molar-refractivity contribution is 6.31. The lowest BCUT2D eigenvalue weighted by Gasteiger charge is -2.10. The van der Waals surface area contributed by atoms with E-state index in [0.717, 1.165) is 0 Å². The normalized spacial score (nSPS) is 10.7. The van der Waals surface area contributed by atoms with Crippen molar-refractivity contribution < 1.29 is 18.7 Å². The van der Waals surface area contributed by atoms with Crippen LogP contribution in [0.4, 0.5) is 5.69 Å². The van der Waals surface area contributed by atoms with Crippen molar-refractivity contribution in [3.05, 3.63) is 63.6 Å². The van der Waals surface area contributed by atoms with Crippen LogP contribution < -0.4 is 11.1 Å². The summed E-state index contributed by atoms with van der Waals surface area (Å²) >= 11 is 5.87. The van der Waals surface area contributed by atoms with E-state index in [2.05, 4.69) is 5.32 Å². The number of amides is 1. The van der Waals surface area contributed by atoms with Crippen molar-refractivity contribution in [2.24, 2.45) is 0 Å². The van der Waals surface area contributed by atoms with Crippen LogP contribution in [0.1, 0.15) is 17.3 Å². The summed E-state index contributed by atoms with van der Waals surface area (Å²) in [4.78, 5) is 36.4. The summed E-state index contributed by atoms with van der Waals surface area (Å²) in [6.45, 7) is 1.65. The van der Waals surface area contributed by atoms with Crippen LogP contribution in [0.25, 0.3) is 11.1 Å². The number of rotatable bonds is 5. The molecule has 3 aromatic rings. The smallest absolute Gasteiger partial charge is 0.420 e. The number of anilines is 1. The average Bonchev–Trinajstić information content (AvgIpc) is 2.90. The molecule has 0 aliphatic rings. The van der Waals surface area contributed by atoms with Gasteiger partial charge in [0.15, 0.2) is 5.58 Å². The largest absolute Gasteiger partial charge is 0.462 e. The Kier molecular flexibility index (Phi) is 5.09. The zero-order chi connectivity index (χ0) is 18.7. The van der Waals surface area contributed by atoms with E-state index in [0.29, 0.717) is 21.8 Å². The monoisotopic (exact) mass is 374 g/mol. The first-order chi connectivity index (χ1) is 12.5. The fraction of sp³-hybridized carbons (Fsp3) is 0.167. The van der Waals surface area contributed by atoms with Crippen molar-refractivity contribution >= 4 is 40.3 Å². The number of esters is 1. The van der Waals surface area contributed by atoms with Gasteiger partial charge in [-0.3, -0.25) is 9.36 Å². The molecule has 0 bridgehead atoms. The van der Waals surface area contributed by atoms with Crippen LogP contribution in [0.5, 0.6) is 0 Å². The Morgan fingerprint density at radius 1 is 1.23 bits per heavy atom. The van der Waals surface area contributed by atoms with Gasteiger partial charge in [-0.05, 0) is 31.2 Å². The zero-order valence-electron chi connectivity index (χ0n) is 13.8. The lowest BCUT2D eigenvalue weighted by Crippen LogP contribution is -2.25. The molecule has 8 heteroatoms. The molecule has 1 N–H and O–H groups in total. The van der Waals surface area contributed by atoms with Gasteiger partial charge in [0.1, 0.15) is 6.54 Å². The van der Waals surface area contributed by atoms with E-state index in [4.69, 9.17) is 20.8 Å². The van der Waals surface area contributed by atoms with Crippen molar-refractivity contribution in [1.29, 1.82) is 0 Å². The first kappa shape index (κ1) is 17.8. The second-order valence-corrected chi connectivity index (χ2v) is 5.82. The predicted octanol–water partition coefficient (Wildman–Crippen LogP) is 3.06. The number of fused-ring (bicyclic) bond motifs is 1. The van der Waals surface area contributed by atoms with Crippen LogP contribution in [0.15, 0.2) is 51.7 Å². The summed E-state index contributed by atoms with van der Waals surface area (Å²) in [6, 6.07) is 11.2. The van der Waals surface area contributed by atoms with Gasteiger partial charge in [0.05, 0.1) is 23.4 Å². The van der Waals surface area contributed by atoms with Crippen molar-refractivity contribution in [2.45, 2.75) is 13.5 Å². The van der Waals surface area contributed by atoms with E-state index in [-0.39, 0.29) is 18.7 Å². The Hall–Kier alpha value is -3.06. The minimum atomic E-state index is -0.670. The summed E-state index contributed by atoms with van der Waals surface area (Å²) in [5.41, 5.74) is 1.29. The van der Waals surface area contributed by atoms with Crippen LogP contribution in [-0.2, 0) is 16.1 Å². The molecule has 0 aliphatic carbocycles. The average molecular weight is 375 g/mol. The van der Waals surface area contributed by atoms with Gasteiger partial charge in [0.25, 0.3) is 0 Å². The fourth-order valence-corrected chi connectivity index (χ4v) is 2.66. The molecule has 134 valence electrons. The Balaban J connectivity index is 1.84. The van der Waals surface area contributed by atoms with E-state index in [1.54, 1.807) is 43.3 Å². The molecule has 1 heterocycles. The number of nitrogens with one attached hydrogen (secondary N) is 1. The quantitative estimate of drug-likeness (QED) is 0.693. The van der Waals surface area contributed by atoms with Gasteiger partial charge < -0.3 is 14.5 Å². The minimum Gasteiger partial charge on any atom is -0.462 e. The van der Waals surface area contributed by atoms with Crippen molar-refractivity contribution in [2.75, 3.05) is 11.9 Å². The van der Waals surface area contributed by atoms with Crippen LogP contribution in [0, 0.1) is 0 Å². The fourth-order valence-electron chi connectivity index (χ4n) is 2.50. The molecular formula is C18H15ClN2O5. The second-order valence-electron chi connectivity index (χ2n) is 5.38. The van der Waals surface area contributed by atoms with Gasteiger partial charge in [-0.25, -0.2) is 9.59 Å². The molecule has 1 amide bonds. The highest BCUT2D eigenvalue weighted by atomic mass is 35.5. The van der Waals surface area contributed by atoms with Gasteiger partial charge in [-0.15, -0.1) is 0 Å². The van der Waals surface area contributed by atoms with Crippen molar-refractivity contribution in [1.82, 2.24) is 4.57 Å². The van der Waals surface area contributed by atoms with Crippen molar-refractivity contribution in [3.63, 3.8) is 0 Å². The van der Waals surface area contributed by atoms with Gasteiger partial charge in [-0.2, -0.15) is 0 Å². The minimum absolute atomic E-state index is 0.222. The molecule has 7 nitrogen and oxygen atoms in total. The van der Waals surface area contributed by atoms with E-state index < -0.39 is 17.6 Å². The molecule has 0 spiro atoms. The molecule has 0 atom stereocenters. The van der Waals surface area contributed by atoms with Gasteiger partial charge in [0, 0.05) is 11.1 Å². The molecule has 0 saturated heterocycles. The summed E-state index contributed by atoms with van der Waals surface area (Å²) in [5.74, 6) is -1.69. The van der Waals surface area contributed by atoms with Crippen LogP contribution in [0.3, 0.4) is 0 Å². The molecule has 26 heavy (non-hydrogen) atoms. The standard InChI is InChI=1S/C18H15ClN2O5/c1-2-25-17(23)12-5-3-4-6-13(12)20-16(22)10-21-14-8-7-11(19)9-15(14)26-18(21)24/h3-9H,2,10H2,1H3,(H,20,22). The maximum atomic E-state index is 12.4. The molecule has 0 unspecified atom stereocenters. The van der Waals surface area contributed by atoms with Gasteiger partial charge in [-0.1, -0.05) is 23.7 Å². The number of hydrogen-bond donors (Lipinski definition) is 1. The lowest BCUT2D eigenvalue weighted by molar-refractivity contribution is -0.116. The van der Waals surface area contributed by atoms with Crippen LogP contribution >= 0.6 is 11.6 Å². The van der Waals surface area contributed by atoms with Crippen LogP contribution in [-0.4, -0.2) is 23.1 Å². The SMILES string of the molecule is CCOC(=O)c1ccccc1NC(=O)Cn1c(=O)oc2cc(Cl)ccc21. The topological polar surface area (TPSA) is 90.5 Å². The van der Waals surface area contributed by atoms with Crippen molar-refractivity contribution in [3.8, 4) is 0 Å². The lowest BCUT2D eigenvalue weighted by atomic mass is 10.2. The second kappa shape index (κ2) is 7.45. The molecule has 2 aromatic carbocycles. The summed E-state index contributed by atoms with van der Waals surface area (Å²) in [6.07, 6.45) is 0. The number of aromatic nitrogens is 1. The first-order valence-corrected chi connectivity index (χ1v) is 8.22. The first-order valence-electron chi connectivity index (χ1n) is 7.84. The zero-order valence-corrected chi connectivity index (χ0v) is 14.6. The van der Waals surface area contributed by atoms with E-state index in [1.165, 1.54) is 10.6 Å². The highest BCUT2D eigenvalue weighted by Gasteiger charge is 2.16. The van der Waals surface area contributed by atoms with Gasteiger partial charge in [0.2, 0.25) is 5.91 Å². The molecule has 0 radical (unpaired) electrons. The number of halogens is 1. The van der Waals surface area contributed by atoms with Gasteiger partial charge >= 0.3 is 11.7 Å². The number of nitrogens with zero attached hydrogens (tertiary/aromatic N) is 1. The third-order valence-corrected chi connectivity index (χ3v) is 3.86. The Morgan fingerprint density at radius 3 is 2.77 bits per heavy atom. The highest BCUT2D eigenvalue weighted by Crippen LogP contribution is 2.19. The third kappa shape index (κ3) is 3.62. The third-order valence-electron chi connectivity index (χ3n) is 3.63. The molecule has 1 aromatic heterocycles. The summed E-state index contributed by atoms with van der Waals surface area (Å²) in [5, 5.41) is 3.05. The maximum Gasteiger partial charge on any atom is 0.420 e. The number of para-hydroxylation sites is 1. The number of oxazole rings is 1. The number of hydrogen-bond acceptors (Lipinski definition) is 5. The van der Waals surface area contributed by atoms with E-state index in [1.807, 2.05) is 0 Å². The molecule has 3 rings (SSSR count). The number of carbonyl (C=O) groups is 2. The Labute approximate surface area is 153 Å². The summed E-state index contributed by atoms with van der Waals surface area (Å²) in [7, 11) is 0. The Bertz CT molecular complexity index is 1040.